The van der Waals surface area contributed by atoms with Crippen LogP contribution in [0.3, 0.4) is 0 Å². The molecular weight excluding hydrogens is 456 g/mol. The Kier molecular flexibility index (Phi) is 6.85. The Morgan fingerprint density at radius 3 is 2.69 bits per heavy atom. The monoisotopic (exact) mass is 488 g/mol. The Morgan fingerprint density at radius 2 is 1.97 bits per heavy atom. The van der Waals surface area contributed by atoms with Gasteiger partial charge in [-0.1, -0.05) is 42.5 Å². The minimum Gasteiger partial charge on any atom is -0.504 e. The van der Waals surface area contributed by atoms with E-state index in [4.69, 9.17) is 13.9 Å². The van der Waals surface area contributed by atoms with Gasteiger partial charge in [-0.15, -0.1) is 0 Å². The highest BCUT2D eigenvalue weighted by atomic mass is 16.5. The third-order valence-electron chi connectivity index (χ3n) is 7.59. The van der Waals surface area contributed by atoms with E-state index in [2.05, 4.69) is 40.6 Å². The van der Waals surface area contributed by atoms with E-state index in [-0.39, 0.29) is 29.2 Å². The highest BCUT2D eigenvalue weighted by Crippen LogP contribution is 2.52. The number of piperidine rings is 1. The Bertz CT molecular complexity index is 1230. The molecular formula is C29H32N2O5. The van der Waals surface area contributed by atoms with Gasteiger partial charge in [-0.05, 0) is 66.9 Å². The molecule has 2 aromatic carbocycles. The van der Waals surface area contributed by atoms with E-state index in [0.29, 0.717) is 11.5 Å². The number of carbonyl (C=O) groups excluding carboxylic acids is 1. The summed E-state index contributed by atoms with van der Waals surface area (Å²) in [4.78, 5) is 15.3. The molecule has 1 aliphatic carbocycles. The lowest BCUT2D eigenvalue weighted by molar-refractivity contribution is -0.00992. The van der Waals surface area contributed by atoms with Crippen molar-refractivity contribution in [2.24, 2.45) is 0 Å². The average molecular weight is 489 g/mol. The number of carbonyl (C=O) groups is 1. The molecule has 0 unspecified atom stereocenters. The number of aromatic hydroxyl groups is 1. The molecule has 0 radical (unpaired) electrons. The standard InChI is InChI=1S/C29H32N2O5/c1-34-25-19-20(11-12-23(25)32)7-5-15-31-16-13-29(14-17-31)22-9-4-3-8-21(22)26(27(29)35-2)30-28(33)24-10-6-18-36-24/h3-12,18-19,26-27,32H,13-17H2,1-2H3,(H,30,33)/b7-5+/t26-,27+/m1/s1. The van der Waals surface area contributed by atoms with Gasteiger partial charge in [0, 0.05) is 19.1 Å². The number of rotatable bonds is 7. The van der Waals surface area contributed by atoms with Crippen molar-refractivity contribution in [2.75, 3.05) is 33.9 Å². The van der Waals surface area contributed by atoms with Gasteiger partial charge in [-0.3, -0.25) is 9.69 Å². The number of phenolic OH excluding ortho intramolecular Hbond substituents is 1. The van der Waals surface area contributed by atoms with E-state index in [9.17, 15) is 9.90 Å². The van der Waals surface area contributed by atoms with Crippen molar-refractivity contribution in [3.05, 3.63) is 89.4 Å². The fraction of sp³-hybridized carbons (Fsp3) is 0.345. The maximum absolute atomic E-state index is 12.9. The molecule has 5 rings (SSSR count). The second kappa shape index (κ2) is 10.2. The second-order valence-corrected chi connectivity index (χ2v) is 9.46. The van der Waals surface area contributed by atoms with Gasteiger partial charge < -0.3 is 24.3 Å². The van der Waals surface area contributed by atoms with Gasteiger partial charge >= 0.3 is 0 Å². The lowest BCUT2D eigenvalue weighted by atomic mass is 9.72. The molecule has 1 aliphatic heterocycles. The first-order chi connectivity index (χ1) is 17.6. The van der Waals surface area contributed by atoms with Gasteiger partial charge in [0.2, 0.25) is 0 Å². The molecule has 0 saturated carbocycles. The van der Waals surface area contributed by atoms with Crippen molar-refractivity contribution >= 4 is 12.0 Å². The summed E-state index contributed by atoms with van der Waals surface area (Å²) in [5.41, 5.74) is 3.22. The topological polar surface area (TPSA) is 84.2 Å². The maximum Gasteiger partial charge on any atom is 0.287 e. The smallest absolute Gasteiger partial charge is 0.287 e. The first-order valence-electron chi connectivity index (χ1n) is 12.3. The maximum atomic E-state index is 12.9. The first kappa shape index (κ1) is 24.2. The summed E-state index contributed by atoms with van der Waals surface area (Å²) >= 11 is 0. The molecule has 1 aromatic heterocycles. The number of benzene rings is 2. The molecule has 2 N–H and O–H groups in total. The molecule has 1 spiro atoms. The van der Waals surface area contributed by atoms with Crippen LogP contribution < -0.4 is 10.1 Å². The van der Waals surface area contributed by atoms with E-state index in [1.54, 1.807) is 32.4 Å². The predicted octanol–water partition coefficient (Wildman–Crippen LogP) is 4.54. The van der Waals surface area contributed by atoms with Crippen LogP contribution in [0.25, 0.3) is 6.08 Å². The average Bonchev–Trinajstić information content (AvgIpc) is 3.53. The number of amides is 1. The van der Waals surface area contributed by atoms with Crippen molar-refractivity contribution in [2.45, 2.75) is 30.4 Å². The summed E-state index contributed by atoms with van der Waals surface area (Å²) in [6, 6.07) is 16.9. The lowest BCUT2D eigenvalue weighted by Crippen LogP contribution is -2.50. The van der Waals surface area contributed by atoms with Crippen LogP contribution in [-0.2, 0) is 10.2 Å². The minimum absolute atomic E-state index is 0.138. The highest BCUT2D eigenvalue weighted by molar-refractivity contribution is 5.91. The van der Waals surface area contributed by atoms with Crippen molar-refractivity contribution in [3.63, 3.8) is 0 Å². The van der Waals surface area contributed by atoms with Crippen LogP contribution in [0.1, 0.15) is 46.1 Å². The first-order valence-corrected chi connectivity index (χ1v) is 12.3. The van der Waals surface area contributed by atoms with Crippen LogP contribution in [-0.4, -0.2) is 55.9 Å². The zero-order valence-corrected chi connectivity index (χ0v) is 20.6. The fourth-order valence-electron chi connectivity index (χ4n) is 5.82. The number of nitrogens with one attached hydrogen (secondary N) is 1. The van der Waals surface area contributed by atoms with Gasteiger partial charge in [-0.25, -0.2) is 0 Å². The number of furan rings is 1. The summed E-state index contributed by atoms with van der Waals surface area (Å²) in [7, 11) is 3.29. The number of methoxy groups -OCH3 is 2. The van der Waals surface area contributed by atoms with E-state index in [0.717, 1.165) is 43.6 Å². The SMILES string of the molecule is COc1cc(/C=C/CN2CCC3(CC2)c2ccccc2[C@@H](NC(=O)c2ccco2)[C@@H]3OC)ccc1O. The third-order valence-corrected chi connectivity index (χ3v) is 7.59. The van der Waals surface area contributed by atoms with Crippen LogP contribution in [0.15, 0.2) is 71.4 Å². The van der Waals surface area contributed by atoms with E-state index >= 15 is 0 Å². The summed E-state index contributed by atoms with van der Waals surface area (Å²) in [6.45, 7) is 2.68. The Hall–Kier alpha value is -3.55. The van der Waals surface area contributed by atoms with Gasteiger partial charge in [0.05, 0.1) is 25.5 Å². The quantitative estimate of drug-likeness (QED) is 0.508. The molecule has 3 aromatic rings. The molecule has 1 fully saturated rings. The number of likely N-dealkylation sites (tertiary alicyclic amines) is 1. The van der Waals surface area contributed by atoms with Crippen LogP contribution >= 0.6 is 0 Å². The third kappa shape index (κ3) is 4.40. The normalized spacial score (nSPS) is 21.1. The zero-order chi connectivity index (χ0) is 25.1. The summed E-state index contributed by atoms with van der Waals surface area (Å²) < 4.78 is 16.6. The van der Waals surface area contributed by atoms with Crippen molar-refractivity contribution in [3.8, 4) is 11.5 Å². The number of nitrogens with zero attached hydrogens (tertiary/aromatic N) is 1. The highest BCUT2D eigenvalue weighted by Gasteiger charge is 2.54. The molecule has 1 saturated heterocycles. The summed E-state index contributed by atoms with van der Waals surface area (Å²) in [5.74, 6) is 0.680. The van der Waals surface area contributed by atoms with Gasteiger partial charge in [0.1, 0.15) is 0 Å². The Labute approximate surface area is 211 Å². The molecule has 7 heteroatoms. The van der Waals surface area contributed by atoms with Crippen LogP contribution in [0.2, 0.25) is 0 Å². The summed E-state index contributed by atoms with van der Waals surface area (Å²) in [5, 5.41) is 13.0. The number of fused-ring (bicyclic) bond motifs is 2. The predicted molar refractivity (Wildman–Crippen MR) is 137 cm³/mol. The van der Waals surface area contributed by atoms with Crippen LogP contribution in [0, 0.1) is 0 Å². The molecule has 188 valence electrons. The van der Waals surface area contributed by atoms with E-state index < -0.39 is 0 Å². The Balaban J connectivity index is 1.29. The van der Waals surface area contributed by atoms with Crippen LogP contribution in [0.4, 0.5) is 0 Å². The Morgan fingerprint density at radius 1 is 1.17 bits per heavy atom. The van der Waals surface area contributed by atoms with E-state index in [1.165, 1.54) is 11.8 Å². The molecule has 2 heterocycles. The van der Waals surface area contributed by atoms with Gasteiger partial charge in [0.25, 0.3) is 5.91 Å². The second-order valence-electron chi connectivity index (χ2n) is 9.46. The van der Waals surface area contributed by atoms with Crippen molar-refractivity contribution in [1.29, 1.82) is 0 Å². The van der Waals surface area contributed by atoms with Crippen LogP contribution in [0.5, 0.6) is 11.5 Å². The number of hydrogen-bond acceptors (Lipinski definition) is 6. The van der Waals surface area contributed by atoms with Crippen molar-refractivity contribution in [1.82, 2.24) is 10.2 Å². The van der Waals surface area contributed by atoms with Crippen molar-refractivity contribution < 1.29 is 23.8 Å². The zero-order valence-electron chi connectivity index (χ0n) is 20.6. The number of phenols is 1. The molecule has 2 aliphatic rings. The van der Waals surface area contributed by atoms with E-state index in [1.807, 2.05) is 18.2 Å². The molecule has 36 heavy (non-hydrogen) atoms. The largest absolute Gasteiger partial charge is 0.504 e. The molecule has 2 atom stereocenters. The summed E-state index contributed by atoms with van der Waals surface area (Å²) in [6.07, 6.45) is 7.43. The minimum atomic E-state index is -0.236. The van der Waals surface area contributed by atoms with Gasteiger partial charge in [-0.2, -0.15) is 0 Å². The fourth-order valence-corrected chi connectivity index (χ4v) is 5.82. The molecule has 7 nitrogen and oxygen atoms in total. The number of hydrogen-bond donors (Lipinski definition) is 2. The lowest BCUT2D eigenvalue weighted by Gasteiger charge is -2.44. The number of ether oxygens (including phenoxy) is 2. The molecule has 0 bridgehead atoms. The van der Waals surface area contributed by atoms with Gasteiger partial charge in [0.15, 0.2) is 17.3 Å². The molecule has 1 amide bonds.